The van der Waals surface area contributed by atoms with Gasteiger partial charge in [0.25, 0.3) is 5.91 Å². The lowest BCUT2D eigenvalue weighted by Crippen LogP contribution is -2.33. The summed E-state index contributed by atoms with van der Waals surface area (Å²) in [5.74, 6) is -0.0866. The van der Waals surface area contributed by atoms with Crippen molar-refractivity contribution < 1.29 is 9.53 Å². The Bertz CT molecular complexity index is 499. The van der Waals surface area contributed by atoms with Crippen molar-refractivity contribution in [1.29, 1.82) is 0 Å². The van der Waals surface area contributed by atoms with Crippen molar-refractivity contribution >= 4 is 5.91 Å². The Morgan fingerprint density at radius 1 is 1.47 bits per heavy atom. The van der Waals surface area contributed by atoms with E-state index in [2.05, 4.69) is 15.2 Å². The second-order valence-corrected chi connectivity index (χ2v) is 4.03. The topological polar surface area (TPSA) is 71.1 Å². The number of H-pyrrole nitrogens is 1. The van der Waals surface area contributed by atoms with Crippen LogP contribution in [0.25, 0.3) is 0 Å². The highest BCUT2D eigenvalue weighted by Gasteiger charge is 2.17. The maximum atomic E-state index is 12.3. The lowest BCUT2D eigenvalue weighted by molar-refractivity contribution is 0.0678. The lowest BCUT2D eigenvalue weighted by atomic mass is 10.2. The average molecular weight is 260 g/mol. The van der Waals surface area contributed by atoms with E-state index in [0.29, 0.717) is 25.3 Å². The third-order valence-electron chi connectivity index (χ3n) is 2.68. The van der Waals surface area contributed by atoms with Crippen LogP contribution in [0.15, 0.2) is 36.8 Å². The molecule has 0 bridgehead atoms. The van der Waals surface area contributed by atoms with Crippen molar-refractivity contribution in [2.24, 2.45) is 0 Å². The van der Waals surface area contributed by atoms with Crippen molar-refractivity contribution in [2.75, 3.05) is 20.3 Å². The van der Waals surface area contributed by atoms with Crippen LogP contribution >= 0.6 is 0 Å². The minimum atomic E-state index is -0.0866. The smallest absolute Gasteiger partial charge is 0.257 e. The van der Waals surface area contributed by atoms with Gasteiger partial charge in [-0.05, 0) is 12.1 Å². The molecule has 1 amide bonds. The quantitative estimate of drug-likeness (QED) is 0.844. The highest BCUT2D eigenvalue weighted by molar-refractivity contribution is 5.93. The highest BCUT2D eigenvalue weighted by atomic mass is 16.5. The van der Waals surface area contributed by atoms with Crippen LogP contribution in [-0.4, -0.2) is 46.2 Å². The van der Waals surface area contributed by atoms with Crippen molar-refractivity contribution in [3.63, 3.8) is 0 Å². The van der Waals surface area contributed by atoms with Gasteiger partial charge < -0.3 is 9.64 Å². The van der Waals surface area contributed by atoms with Crippen molar-refractivity contribution in [3.05, 3.63) is 48.0 Å². The van der Waals surface area contributed by atoms with E-state index in [4.69, 9.17) is 4.74 Å². The minimum absolute atomic E-state index is 0.0866. The third-order valence-corrected chi connectivity index (χ3v) is 2.68. The molecule has 0 saturated carbocycles. The molecule has 100 valence electrons. The van der Waals surface area contributed by atoms with Gasteiger partial charge in [0.15, 0.2) is 0 Å². The van der Waals surface area contributed by atoms with Crippen molar-refractivity contribution in [2.45, 2.75) is 6.54 Å². The minimum Gasteiger partial charge on any atom is -0.383 e. The molecule has 0 spiro atoms. The Kier molecular flexibility index (Phi) is 4.63. The zero-order chi connectivity index (χ0) is 13.5. The first-order valence-corrected chi connectivity index (χ1v) is 5.98. The third kappa shape index (κ3) is 3.62. The number of carbonyl (C=O) groups is 1. The molecule has 0 fully saturated rings. The van der Waals surface area contributed by atoms with Gasteiger partial charge in [0.1, 0.15) is 0 Å². The standard InChI is InChI=1S/C13H16N4O2/c1-19-7-6-17(10-12-4-2-3-5-14-12)13(18)11-8-15-16-9-11/h2-5,8-9H,6-7,10H2,1H3,(H,15,16). The average Bonchev–Trinajstić information content (AvgIpc) is 2.98. The highest BCUT2D eigenvalue weighted by Crippen LogP contribution is 2.07. The monoisotopic (exact) mass is 260 g/mol. The number of methoxy groups -OCH3 is 1. The van der Waals surface area contributed by atoms with Crippen LogP contribution in [0, 0.1) is 0 Å². The predicted molar refractivity (Wildman–Crippen MR) is 69.4 cm³/mol. The van der Waals surface area contributed by atoms with E-state index < -0.39 is 0 Å². The molecule has 0 saturated heterocycles. The Morgan fingerprint density at radius 2 is 2.37 bits per heavy atom. The van der Waals surface area contributed by atoms with Gasteiger partial charge in [0.05, 0.1) is 30.6 Å². The van der Waals surface area contributed by atoms with Crippen LogP contribution in [0.5, 0.6) is 0 Å². The number of rotatable bonds is 6. The van der Waals surface area contributed by atoms with Crippen LogP contribution in [-0.2, 0) is 11.3 Å². The summed E-state index contributed by atoms with van der Waals surface area (Å²) >= 11 is 0. The van der Waals surface area contributed by atoms with Gasteiger partial charge in [-0.3, -0.25) is 14.9 Å². The summed E-state index contributed by atoms with van der Waals surface area (Å²) in [5, 5.41) is 6.43. The van der Waals surface area contributed by atoms with Gasteiger partial charge in [0.2, 0.25) is 0 Å². The molecule has 0 aliphatic carbocycles. The summed E-state index contributed by atoms with van der Waals surface area (Å²) in [7, 11) is 1.61. The summed E-state index contributed by atoms with van der Waals surface area (Å²) in [6.07, 6.45) is 4.81. The van der Waals surface area contributed by atoms with Crippen LogP contribution < -0.4 is 0 Å². The first-order valence-electron chi connectivity index (χ1n) is 5.98. The molecule has 2 aromatic heterocycles. The van der Waals surface area contributed by atoms with Gasteiger partial charge in [-0.15, -0.1) is 0 Å². The summed E-state index contributed by atoms with van der Waals surface area (Å²) in [6.45, 7) is 1.45. The van der Waals surface area contributed by atoms with E-state index in [1.54, 1.807) is 24.4 Å². The van der Waals surface area contributed by atoms with E-state index in [9.17, 15) is 4.79 Å². The number of hydrogen-bond acceptors (Lipinski definition) is 4. The molecule has 6 heteroatoms. The molecule has 19 heavy (non-hydrogen) atoms. The maximum Gasteiger partial charge on any atom is 0.257 e. The zero-order valence-electron chi connectivity index (χ0n) is 10.7. The number of nitrogens with zero attached hydrogens (tertiary/aromatic N) is 3. The molecule has 2 rings (SSSR count). The van der Waals surface area contributed by atoms with Gasteiger partial charge in [-0.25, -0.2) is 0 Å². The Morgan fingerprint density at radius 3 is 3.00 bits per heavy atom. The van der Waals surface area contributed by atoms with Gasteiger partial charge in [-0.2, -0.15) is 5.10 Å². The Labute approximate surface area is 111 Å². The first-order chi connectivity index (χ1) is 9.31. The molecular formula is C13H16N4O2. The summed E-state index contributed by atoms with van der Waals surface area (Å²) < 4.78 is 5.04. The molecular weight excluding hydrogens is 244 g/mol. The summed E-state index contributed by atoms with van der Waals surface area (Å²) in [5.41, 5.74) is 1.38. The van der Waals surface area contributed by atoms with Crippen molar-refractivity contribution in [1.82, 2.24) is 20.1 Å². The fourth-order valence-corrected chi connectivity index (χ4v) is 1.69. The van der Waals surface area contributed by atoms with Crippen LogP contribution in [0.1, 0.15) is 16.1 Å². The summed E-state index contributed by atoms with van der Waals surface area (Å²) in [6, 6.07) is 5.64. The SMILES string of the molecule is COCCN(Cc1ccccn1)C(=O)c1cn[nH]c1. The molecule has 2 aromatic rings. The van der Waals surface area contributed by atoms with E-state index in [1.165, 1.54) is 6.20 Å². The fraction of sp³-hybridized carbons (Fsp3) is 0.308. The molecule has 1 N–H and O–H groups in total. The Balaban J connectivity index is 2.09. The van der Waals surface area contributed by atoms with E-state index in [0.717, 1.165) is 5.69 Å². The molecule has 0 aliphatic rings. The number of carbonyl (C=O) groups excluding carboxylic acids is 1. The van der Waals surface area contributed by atoms with Gasteiger partial charge >= 0.3 is 0 Å². The second-order valence-electron chi connectivity index (χ2n) is 4.03. The first kappa shape index (κ1) is 13.2. The van der Waals surface area contributed by atoms with E-state index >= 15 is 0 Å². The molecule has 0 unspecified atom stereocenters. The maximum absolute atomic E-state index is 12.3. The number of aromatic nitrogens is 3. The van der Waals surface area contributed by atoms with E-state index in [1.807, 2.05) is 18.2 Å². The summed E-state index contributed by atoms with van der Waals surface area (Å²) in [4.78, 5) is 18.2. The Hall–Kier alpha value is -2.21. The number of hydrogen-bond donors (Lipinski definition) is 1. The largest absolute Gasteiger partial charge is 0.383 e. The number of ether oxygens (including phenoxy) is 1. The fourth-order valence-electron chi connectivity index (χ4n) is 1.69. The van der Waals surface area contributed by atoms with Crippen LogP contribution in [0.3, 0.4) is 0 Å². The number of amides is 1. The normalized spacial score (nSPS) is 10.4. The molecule has 2 heterocycles. The second kappa shape index (κ2) is 6.65. The number of nitrogens with one attached hydrogen (secondary N) is 1. The number of aromatic amines is 1. The van der Waals surface area contributed by atoms with Gasteiger partial charge in [0, 0.05) is 26.0 Å². The molecule has 0 radical (unpaired) electrons. The molecule has 0 aliphatic heterocycles. The van der Waals surface area contributed by atoms with Crippen LogP contribution in [0.2, 0.25) is 0 Å². The molecule has 0 atom stereocenters. The zero-order valence-corrected chi connectivity index (χ0v) is 10.7. The van der Waals surface area contributed by atoms with Gasteiger partial charge in [-0.1, -0.05) is 6.07 Å². The van der Waals surface area contributed by atoms with E-state index in [-0.39, 0.29) is 5.91 Å². The van der Waals surface area contributed by atoms with Crippen LogP contribution in [0.4, 0.5) is 0 Å². The lowest BCUT2D eigenvalue weighted by Gasteiger charge is -2.21. The number of pyridine rings is 1. The molecule has 6 nitrogen and oxygen atoms in total. The predicted octanol–water partition coefficient (Wildman–Crippen LogP) is 1.09. The van der Waals surface area contributed by atoms with Crippen molar-refractivity contribution in [3.8, 4) is 0 Å². The molecule has 0 aromatic carbocycles.